The van der Waals surface area contributed by atoms with Crippen LogP contribution in [0.3, 0.4) is 0 Å². The molecule has 6 nitrogen and oxygen atoms in total. The van der Waals surface area contributed by atoms with E-state index >= 15 is 0 Å². The third-order valence-electron chi connectivity index (χ3n) is 4.21. The van der Waals surface area contributed by atoms with Crippen molar-refractivity contribution in [2.24, 2.45) is 0 Å². The maximum atomic E-state index is 14.3. The van der Waals surface area contributed by atoms with Crippen LogP contribution in [0.15, 0.2) is 47.0 Å². The van der Waals surface area contributed by atoms with Crippen molar-refractivity contribution in [3.05, 3.63) is 70.2 Å². The summed E-state index contributed by atoms with van der Waals surface area (Å²) in [5.74, 6) is -1.18. The van der Waals surface area contributed by atoms with Gasteiger partial charge in [-0.25, -0.2) is 4.39 Å². The van der Waals surface area contributed by atoms with Crippen molar-refractivity contribution in [1.82, 2.24) is 10.5 Å². The van der Waals surface area contributed by atoms with Gasteiger partial charge in [0.25, 0.3) is 11.8 Å². The Labute approximate surface area is 172 Å². The number of hydrogen-bond acceptors (Lipinski definition) is 4. The summed E-state index contributed by atoms with van der Waals surface area (Å²) in [6.45, 7) is 4.06. The highest BCUT2D eigenvalue weighted by Crippen LogP contribution is 2.33. The molecule has 2 aromatic carbocycles. The van der Waals surface area contributed by atoms with E-state index in [4.69, 9.17) is 16.1 Å². The summed E-state index contributed by atoms with van der Waals surface area (Å²) >= 11 is 6.11. The van der Waals surface area contributed by atoms with Gasteiger partial charge in [-0.2, -0.15) is 0 Å². The van der Waals surface area contributed by atoms with E-state index in [1.807, 2.05) is 6.92 Å². The van der Waals surface area contributed by atoms with Gasteiger partial charge in [0.1, 0.15) is 22.8 Å². The zero-order valence-electron chi connectivity index (χ0n) is 15.9. The molecule has 1 aromatic heterocycles. The van der Waals surface area contributed by atoms with Crippen LogP contribution in [0.4, 0.5) is 10.1 Å². The van der Waals surface area contributed by atoms with Crippen molar-refractivity contribution >= 4 is 29.1 Å². The summed E-state index contributed by atoms with van der Waals surface area (Å²) in [5.41, 5.74) is 0.891. The molecule has 3 aromatic rings. The van der Waals surface area contributed by atoms with E-state index in [1.165, 1.54) is 18.2 Å². The molecule has 0 aliphatic carbocycles. The topological polar surface area (TPSA) is 84.2 Å². The molecule has 0 fully saturated rings. The predicted molar refractivity (Wildman–Crippen MR) is 109 cm³/mol. The highest BCUT2D eigenvalue weighted by atomic mass is 35.5. The van der Waals surface area contributed by atoms with E-state index in [1.54, 1.807) is 31.2 Å². The van der Waals surface area contributed by atoms with Gasteiger partial charge in [-0.05, 0) is 43.7 Å². The predicted octanol–water partition coefficient (Wildman–Crippen LogP) is 4.83. The van der Waals surface area contributed by atoms with Crippen molar-refractivity contribution in [2.45, 2.75) is 20.3 Å². The summed E-state index contributed by atoms with van der Waals surface area (Å²) in [4.78, 5) is 25.0. The zero-order valence-corrected chi connectivity index (χ0v) is 16.6. The second kappa shape index (κ2) is 8.87. The van der Waals surface area contributed by atoms with Crippen LogP contribution < -0.4 is 10.6 Å². The second-order valence-electron chi connectivity index (χ2n) is 6.35. The number of benzene rings is 2. The minimum atomic E-state index is -0.616. The fourth-order valence-corrected chi connectivity index (χ4v) is 3.06. The minimum Gasteiger partial charge on any atom is -0.360 e. The van der Waals surface area contributed by atoms with Crippen LogP contribution in [0.1, 0.15) is 39.8 Å². The molecule has 0 aliphatic rings. The van der Waals surface area contributed by atoms with Gasteiger partial charge in [0.05, 0.1) is 10.6 Å². The Kier molecular flexibility index (Phi) is 6.29. The van der Waals surface area contributed by atoms with Crippen LogP contribution >= 0.6 is 11.6 Å². The van der Waals surface area contributed by atoms with Crippen LogP contribution in [-0.2, 0) is 0 Å². The van der Waals surface area contributed by atoms with Crippen LogP contribution in [0, 0.1) is 12.7 Å². The minimum absolute atomic E-state index is 0.0103. The molecular weight excluding hydrogens is 397 g/mol. The average molecular weight is 416 g/mol. The van der Waals surface area contributed by atoms with E-state index in [0.29, 0.717) is 17.8 Å². The smallest absolute Gasteiger partial charge is 0.261 e. The lowest BCUT2D eigenvalue weighted by Crippen LogP contribution is -2.24. The summed E-state index contributed by atoms with van der Waals surface area (Å²) in [6.07, 6.45) is 0.816. The number of anilines is 1. The Morgan fingerprint density at radius 1 is 1.17 bits per heavy atom. The number of aryl methyl sites for hydroxylation is 1. The second-order valence-corrected chi connectivity index (χ2v) is 6.76. The molecule has 2 amide bonds. The summed E-state index contributed by atoms with van der Waals surface area (Å²) in [5, 5.41) is 9.42. The Hall–Kier alpha value is -3.19. The first-order valence-electron chi connectivity index (χ1n) is 9.02. The van der Waals surface area contributed by atoms with E-state index in [-0.39, 0.29) is 33.5 Å². The number of carbonyl (C=O) groups excluding carboxylic acids is 2. The standard InChI is InChI=1S/C21H19ClFN3O3/c1-3-10-24-20(27)13-6-4-7-14(11-13)25-21(28)17-12(2)29-26-19(17)18-15(22)8-5-9-16(18)23/h4-9,11H,3,10H2,1-2H3,(H,24,27)(H,25,28). The summed E-state index contributed by atoms with van der Waals surface area (Å²) < 4.78 is 19.4. The SMILES string of the molecule is CCCNC(=O)c1cccc(NC(=O)c2c(-c3c(F)cccc3Cl)noc2C)c1. The Morgan fingerprint density at radius 3 is 2.66 bits per heavy atom. The molecule has 0 radical (unpaired) electrons. The fourth-order valence-electron chi connectivity index (χ4n) is 2.81. The molecular formula is C21H19ClFN3O3. The molecule has 0 bridgehead atoms. The van der Waals surface area contributed by atoms with Gasteiger partial charge in [0, 0.05) is 17.8 Å². The monoisotopic (exact) mass is 415 g/mol. The van der Waals surface area contributed by atoms with Crippen molar-refractivity contribution in [1.29, 1.82) is 0 Å². The third kappa shape index (κ3) is 4.46. The van der Waals surface area contributed by atoms with E-state index < -0.39 is 11.7 Å². The van der Waals surface area contributed by atoms with E-state index in [2.05, 4.69) is 15.8 Å². The third-order valence-corrected chi connectivity index (χ3v) is 4.52. The van der Waals surface area contributed by atoms with Crippen molar-refractivity contribution in [3.63, 3.8) is 0 Å². The average Bonchev–Trinajstić information content (AvgIpc) is 3.07. The molecule has 8 heteroatoms. The quantitative estimate of drug-likeness (QED) is 0.603. The number of halogens is 2. The van der Waals surface area contributed by atoms with Gasteiger partial charge in [-0.1, -0.05) is 35.8 Å². The van der Waals surface area contributed by atoms with E-state index in [0.717, 1.165) is 6.42 Å². The number of nitrogens with zero attached hydrogens (tertiary/aromatic N) is 1. The van der Waals surface area contributed by atoms with Crippen molar-refractivity contribution in [2.75, 3.05) is 11.9 Å². The zero-order chi connectivity index (χ0) is 21.0. The molecule has 3 rings (SSSR count). The molecule has 150 valence electrons. The molecule has 0 spiro atoms. The van der Waals surface area contributed by atoms with Crippen LogP contribution in [0.5, 0.6) is 0 Å². The van der Waals surface area contributed by atoms with Crippen LogP contribution in [0.2, 0.25) is 5.02 Å². The first kappa shape index (κ1) is 20.5. The Balaban J connectivity index is 1.90. The summed E-state index contributed by atoms with van der Waals surface area (Å²) in [6, 6.07) is 10.7. The van der Waals surface area contributed by atoms with Gasteiger partial charge >= 0.3 is 0 Å². The fraction of sp³-hybridized carbons (Fsp3) is 0.190. The molecule has 0 aliphatic heterocycles. The van der Waals surface area contributed by atoms with Gasteiger partial charge in [-0.3, -0.25) is 9.59 Å². The van der Waals surface area contributed by atoms with Gasteiger partial charge < -0.3 is 15.2 Å². The lowest BCUT2D eigenvalue weighted by atomic mass is 10.0. The van der Waals surface area contributed by atoms with E-state index in [9.17, 15) is 14.0 Å². The van der Waals surface area contributed by atoms with Crippen LogP contribution in [-0.4, -0.2) is 23.5 Å². The normalized spacial score (nSPS) is 10.6. The molecule has 0 saturated carbocycles. The highest BCUT2D eigenvalue weighted by Gasteiger charge is 2.25. The van der Waals surface area contributed by atoms with Crippen molar-refractivity contribution < 1.29 is 18.5 Å². The molecule has 0 unspecified atom stereocenters. The molecule has 0 atom stereocenters. The number of carbonyl (C=O) groups is 2. The summed E-state index contributed by atoms with van der Waals surface area (Å²) in [7, 11) is 0. The molecule has 0 saturated heterocycles. The number of amides is 2. The Morgan fingerprint density at radius 2 is 1.93 bits per heavy atom. The first-order chi connectivity index (χ1) is 13.9. The van der Waals surface area contributed by atoms with Crippen molar-refractivity contribution in [3.8, 4) is 11.3 Å². The lowest BCUT2D eigenvalue weighted by Gasteiger charge is -2.09. The van der Waals surface area contributed by atoms with Gasteiger partial charge in [-0.15, -0.1) is 0 Å². The number of aromatic nitrogens is 1. The van der Waals surface area contributed by atoms with Gasteiger partial charge in [0.2, 0.25) is 0 Å². The molecule has 29 heavy (non-hydrogen) atoms. The maximum Gasteiger partial charge on any atom is 0.261 e. The largest absolute Gasteiger partial charge is 0.360 e. The maximum absolute atomic E-state index is 14.3. The number of rotatable bonds is 6. The van der Waals surface area contributed by atoms with Gasteiger partial charge in [0.15, 0.2) is 0 Å². The first-order valence-corrected chi connectivity index (χ1v) is 9.40. The number of hydrogen-bond donors (Lipinski definition) is 2. The lowest BCUT2D eigenvalue weighted by molar-refractivity contribution is 0.0952. The van der Waals surface area contributed by atoms with Crippen LogP contribution in [0.25, 0.3) is 11.3 Å². The Bertz CT molecular complexity index is 1040. The number of nitrogens with one attached hydrogen (secondary N) is 2. The molecule has 2 N–H and O–H groups in total. The highest BCUT2D eigenvalue weighted by molar-refractivity contribution is 6.33. The molecule has 1 heterocycles.